The van der Waals surface area contributed by atoms with Crippen LogP contribution in [0.1, 0.15) is 19.5 Å². The summed E-state index contributed by atoms with van der Waals surface area (Å²) in [6.45, 7) is 2.98. The van der Waals surface area contributed by atoms with Crippen LogP contribution >= 0.6 is 11.6 Å². The SMILES string of the molecule is CCOC(=O)[C@@H](C)Oc1cc(Oc2nn(C)c(C(F)(F)F)c2Cl)ccc1[N+](=O)[O-]. The molecular formula is C16H15ClF3N3O6. The van der Waals surface area contributed by atoms with Crippen LogP contribution in [0.25, 0.3) is 0 Å². The number of carbonyl (C=O) groups excluding carboxylic acids is 1. The molecule has 9 nitrogen and oxygen atoms in total. The van der Waals surface area contributed by atoms with Gasteiger partial charge in [0.05, 0.1) is 11.5 Å². The molecule has 0 amide bonds. The van der Waals surface area contributed by atoms with Crippen LogP contribution < -0.4 is 9.47 Å². The lowest BCUT2D eigenvalue weighted by atomic mass is 10.2. The number of carbonyl (C=O) groups is 1. The number of rotatable bonds is 7. The minimum atomic E-state index is -4.76. The van der Waals surface area contributed by atoms with Crippen molar-refractivity contribution in [2.75, 3.05) is 6.61 Å². The third-order valence-corrected chi connectivity index (χ3v) is 3.83. The lowest BCUT2D eigenvalue weighted by Gasteiger charge is -2.14. The smallest absolute Gasteiger partial charge is 0.434 e. The van der Waals surface area contributed by atoms with E-state index < -0.39 is 45.5 Å². The second-order valence-electron chi connectivity index (χ2n) is 5.59. The average Bonchev–Trinajstić information content (AvgIpc) is 2.88. The first-order chi connectivity index (χ1) is 13.5. The molecule has 0 aliphatic carbocycles. The molecule has 0 aliphatic heterocycles. The Morgan fingerprint density at radius 3 is 2.59 bits per heavy atom. The first-order valence-corrected chi connectivity index (χ1v) is 8.42. The summed E-state index contributed by atoms with van der Waals surface area (Å²) >= 11 is 5.72. The fourth-order valence-corrected chi connectivity index (χ4v) is 2.57. The zero-order chi connectivity index (χ0) is 21.9. The molecule has 29 heavy (non-hydrogen) atoms. The molecule has 0 N–H and O–H groups in total. The number of aryl methyl sites for hydroxylation is 1. The first-order valence-electron chi connectivity index (χ1n) is 8.05. The zero-order valence-electron chi connectivity index (χ0n) is 15.3. The Hall–Kier alpha value is -3.02. The number of aromatic nitrogens is 2. The average molecular weight is 438 g/mol. The maximum atomic E-state index is 13.0. The zero-order valence-corrected chi connectivity index (χ0v) is 16.1. The van der Waals surface area contributed by atoms with E-state index in [9.17, 15) is 28.1 Å². The Bertz CT molecular complexity index is 931. The molecule has 2 aromatic rings. The van der Waals surface area contributed by atoms with E-state index >= 15 is 0 Å². The molecule has 0 saturated heterocycles. The summed E-state index contributed by atoms with van der Waals surface area (Å²) in [5, 5.41) is 14.0. The van der Waals surface area contributed by atoms with E-state index in [0.717, 1.165) is 25.2 Å². The molecule has 0 aliphatic rings. The summed E-state index contributed by atoms with van der Waals surface area (Å²) < 4.78 is 54.8. The molecule has 0 bridgehead atoms. The molecule has 0 spiro atoms. The highest BCUT2D eigenvalue weighted by Crippen LogP contribution is 2.41. The van der Waals surface area contributed by atoms with E-state index in [1.165, 1.54) is 6.92 Å². The van der Waals surface area contributed by atoms with E-state index in [2.05, 4.69) is 5.10 Å². The monoisotopic (exact) mass is 437 g/mol. The second-order valence-corrected chi connectivity index (χ2v) is 5.97. The Labute approximate surface area is 167 Å². The highest BCUT2D eigenvalue weighted by Gasteiger charge is 2.39. The van der Waals surface area contributed by atoms with E-state index in [4.69, 9.17) is 25.8 Å². The van der Waals surface area contributed by atoms with Gasteiger partial charge < -0.3 is 14.2 Å². The quantitative estimate of drug-likeness (QED) is 0.364. The van der Waals surface area contributed by atoms with Crippen molar-refractivity contribution in [3.05, 3.63) is 39.0 Å². The summed E-state index contributed by atoms with van der Waals surface area (Å²) in [5.41, 5.74) is -1.71. The van der Waals surface area contributed by atoms with E-state index in [1.54, 1.807) is 6.92 Å². The topological polar surface area (TPSA) is 106 Å². The number of hydrogen-bond acceptors (Lipinski definition) is 7. The molecule has 158 valence electrons. The van der Waals surface area contributed by atoms with Crippen molar-refractivity contribution in [1.82, 2.24) is 9.78 Å². The first kappa shape index (κ1) is 22.3. The van der Waals surface area contributed by atoms with Crippen LogP contribution in [-0.4, -0.2) is 33.4 Å². The van der Waals surface area contributed by atoms with E-state index in [1.807, 2.05) is 0 Å². The molecule has 1 atom stereocenters. The number of ether oxygens (including phenoxy) is 3. The van der Waals surface area contributed by atoms with Crippen molar-refractivity contribution in [2.24, 2.45) is 7.05 Å². The fraction of sp³-hybridized carbons (Fsp3) is 0.375. The van der Waals surface area contributed by atoms with Crippen LogP contribution in [0.5, 0.6) is 17.4 Å². The van der Waals surface area contributed by atoms with Crippen LogP contribution in [0.3, 0.4) is 0 Å². The molecule has 2 rings (SSSR count). The Kier molecular flexibility index (Phi) is 6.57. The van der Waals surface area contributed by atoms with Gasteiger partial charge in [-0.15, -0.1) is 5.10 Å². The molecular weight excluding hydrogens is 423 g/mol. The molecule has 0 unspecified atom stereocenters. The minimum Gasteiger partial charge on any atom is -0.472 e. The van der Waals surface area contributed by atoms with Crippen molar-refractivity contribution >= 4 is 23.3 Å². The molecule has 1 aromatic carbocycles. The van der Waals surface area contributed by atoms with Crippen molar-refractivity contribution in [3.8, 4) is 17.4 Å². The van der Waals surface area contributed by atoms with Crippen LogP contribution in [0.4, 0.5) is 18.9 Å². The summed E-state index contributed by atoms with van der Waals surface area (Å²) in [4.78, 5) is 22.1. The third-order valence-electron chi connectivity index (χ3n) is 3.49. The van der Waals surface area contributed by atoms with E-state index in [0.29, 0.717) is 4.68 Å². The van der Waals surface area contributed by atoms with Crippen LogP contribution in [0.15, 0.2) is 18.2 Å². The predicted molar refractivity (Wildman–Crippen MR) is 93.1 cm³/mol. The molecule has 0 fully saturated rings. The fourth-order valence-electron chi connectivity index (χ4n) is 2.26. The largest absolute Gasteiger partial charge is 0.472 e. The standard InChI is InChI=1S/C16H15ClF3N3O6/c1-4-27-15(24)8(2)28-11-7-9(5-6-10(11)23(25)26)29-14-12(17)13(16(18,19)20)22(3)21-14/h5-8H,4H2,1-3H3/t8-/m1/s1. The van der Waals surface area contributed by atoms with Gasteiger partial charge in [0.1, 0.15) is 10.8 Å². The minimum absolute atomic E-state index is 0.0808. The Morgan fingerprint density at radius 1 is 1.41 bits per heavy atom. The Morgan fingerprint density at radius 2 is 2.07 bits per heavy atom. The number of benzene rings is 1. The lowest BCUT2D eigenvalue weighted by Crippen LogP contribution is -2.26. The van der Waals surface area contributed by atoms with Gasteiger partial charge in [-0.25, -0.2) is 4.79 Å². The second kappa shape index (κ2) is 8.55. The number of nitrogens with zero attached hydrogens (tertiary/aromatic N) is 3. The summed E-state index contributed by atoms with van der Waals surface area (Å²) in [7, 11) is 1.03. The van der Waals surface area contributed by atoms with Crippen LogP contribution in [0.2, 0.25) is 5.02 Å². The number of halogens is 4. The van der Waals surface area contributed by atoms with Crippen molar-refractivity contribution < 1.29 is 37.1 Å². The number of alkyl halides is 3. The van der Waals surface area contributed by atoms with Gasteiger partial charge in [-0.2, -0.15) is 13.2 Å². The van der Waals surface area contributed by atoms with Crippen LogP contribution in [0, 0.1) is 10.1 Å². The van der Waals surface area contributed by atoms with Crippen molar-refractivity contribution in [3.63, 3.8) is 0 Å². The van der Waals surface area contributed by atoms with Crippen molar-refractivity contribution in [1.29, 1.82) is 0 Å². The lowest BCUT2D eigenvalue weighted by molar-refractivity contribution is -0.386. The van der Waals surface area contributed by atoms with Gasteiger partial charge in [0, 0.05) is 19.2 Å². The molecule has 0 saturated carbocycles. The number of hydrogen-bond donors (Lipinski definition) is 0. The molecule has 1 heterocycles. The van der Waals surface area contributed by atoms with Gasteiger partial charge in [0.25, 0.3) is 5.88 Å². The highest BCUT2D eigenvalue weighted by molar-refractivity contribution is 6.32. The van der Waals surface area contributed by atoms with E-state index in [-0.39, 0.29) is 18.1 Å². The number of nitro groups is 1. The van der Waals surface area contributed by atoms with Gasteiger partial charge in [-0.3, -0.25) is 14.8 Å². The maximum Gasteiger partial charge on any atom is 0.434 e. The molecule has 0 radical (unpaired) electrons. The van der Waals surface area contributed by atoms with Crippen LogP contribution in [-0.2, 0) is 22.8 Å². The predicted octanol–water partition coefficient (Wildman–Crippen LogP) is 4.12. The molecule has 13 heteroatoms. The normalized spacial score (nSPS) is 12.4. The Balaban J connectivity index is 2.36. The summed E-state index contributed by atoms with van der Waals surface area (Å²) in [5.74, 6) is -1.80. The van der Waals surface area contributed by atoms with Gasteiger partial charge in [-0.05, 0) is 19.9 Å². The van der Waals surface area contributed by atoms with Gasteiger partial charge in [0.15, 0.2) is 11.8 Å². The van der Waals surface area contributed by atoms with Gasteiger partial charge in [-0.1, -0.05) is 11.6 Å². The maximum absolute atomic E-state index is 13.0. The summed E-state index contributed by atoms with van der Waals surface area (Å²) in [6, 6.07) is 3.16. The number of nitro benzene ring substituents is 1. The number of esters is 1. The van der Waals surface area contributed by atoms with Gasteiger partial charge in [0.2, 0.25) is 5.75 Å². The van der Waals surface area contributed by atoms with Crippen molar-refractivity contribution in [2.45, 2.75) is 26.1 Å². The third kappa shape index (κ3) is 5.08. The van der Waals surface area contributed by atoms with Gasteiger partial charge >= 0.3 is 17.8 Å². The highest BCUT2D eigenvalue weighted by atomic mass is 35.5. The molecule has 1 aromatic heterocycles. The summed E-state index contributed by atoms with van der Waals surface area (Å²) in [6.07, 6.45) is -5.95.